The maximum absolute atomic E-state index is 10.4. The summed E-state index contributed by atoms with van der Waals surface area (Å²) >= 11 is 0. The van der Waals surface area contributed by atoms with Gasteiger partial charge in [-0.1, -0.05) is 12.1 Å². The van der Waals surface area contributed by atoms with Crippen LogP contribution < -0.4 is 0 Å². The summed E-state index contributed by atoms with van der Waals surface area (Å²) in [6, 6.07) is 4.86. The molecule has 1 radical (unpaired) electrons. The maximum Gasteiger partial charge on any atom is 0.272 e. The Balaban J connectivity index is 3.27. The molecule has 0 saturated heterocycles. The Morgan fingerprint density at radius 1 is 1.55 bits per heavy atom. The number of nitro benzene ring substituents is 1. The molecule has 0 saturated carbocycles. The molecule has 0 bridgehead atoms. The molecule has 3 heteroatoms. The van der Waals surface area contributed by atoms with Gasteiger partial charge < -0.3 is 0 Å². The summed E-state index contributed by atoms with van der Waals surface area (Å²) in [5.74, 6) is 0. The fourth-order valence-corrected chi connectivity index (χ4v) is 0.868. The van der Waals surface area contributed by atoms with Gasteiger partial charge in [0.1, 0.15) is 0 Å². The Morgan fingerprint density at radius 2 is 2.18 bits per heavy atom. The Kier molecular flexibility index (Phi) is 1.89. The lowest BCUT2D eigenvalue weighted by Gasteiger charge is -1.98. The molecule has 0 aliphatic carbocycles. The van der Waals surface area contributed by atoms with E-state index in [4.69, 9.17) is 0 Å². The summed E-state index contributed by atoms with van der Waals surface area (Å²) in [4.78, 5) is 9.95. The molecule has 1 aromatic carbocycles. The van der Waals surface area contributed by atoms with E-state index in [2.05, 4.69) is 6.92 Å². The molecule has 0 spiro atoms. The fraction of sp³-hybridized carbons (Fsp3) is 0.125. The van der Waals surface area contributed by atoms with Crippen LogP contribution >= 0.6 is 0 Å². The first-order chi connectivity index (χ1) is 5.13. The first-order valence-electron chi connectivity index (χ1n) is 3.19. The Hall–Kier alpha value is -1.38. The number of hydrogen-bond acceptors (Lipinski definition) is 2. The zero-order valence-corrected chi connectivity index (χ0v) is 6.20. The van der Waals surface area contributed by atoms with Crippen LogP contribution in [0, 0.1) is 24.0 Å². The third kappa shape index (κ3) is 1.37. The second kappa shape index (κ2) is 2.70. The molecule has 1 aromatic rings. The molecule has 1 rings (SSSR count). The van der Waals surface area contributed by atoms with Gasteiger partial charge in [-0.3, -0.25) is 10.1 Å². The van der Waals surface area contributed by atoms with E-state index in [0.29, 0.717) is 11.1 Å². The van der Waals surface area contributed by atoms with Gasteiger partial charge in [0.2, 0.25) is 0 Å². The molecule has 0 aliphatic rings. The third-order valence-corrected chi connectivity index (χ3v) is 1.61. The molecule has 57 valence electrons. The molecule has 0 aliphatic heterocycles. The molecule has 0 atom stereocenters. The van der Waals surface area contributed by atoms with Gasteiger partial charge in [0, 0.05) is 11.6 Å². The standard InChI is InChI=1S/C8H8NO2/c1-6-4-3-5-8(7(6)2)9(10)11/h3-5H,1H2,2H3. The van der Waals surface area contributed by atoms with Crippen molar-refractivity contribution in [3.63, 3.8) is 0 Å². The van der Waals surface area contributed by atoms with E-state index in [1.54, 1.807) is 19.1 Å². The highest BCUT2D eigenvalue weighted by molar-refractivity contribution is 5.45. The van der Waals surface area contributed by atoms with Gasteiger partial charge in [0.25, 0.3) is 5.69 Å². The van der Waals surface area contributed by atoms with Crippen molar-refractivity contribution in [3.05, 3.63) is 46.4 Å². The summed E-state index contributed by atoms with van der Waals surface area (Å²) < 4.78 is 0. The Morgan fingerprint density at radius 3 is 2.64 bits per heavy atom. The molecule has 0 N–H and O–H groups in total. The van der Waals surface area contributed by atoms with Crippen molar-refractivity contribution >= 4 is 5.69 Å². The predicted molar refractivity (Wildman–Crippen MR) is 42.3 cm³/mol. The summed E-state index contributed by atoms with van der Waals surface area (Å²) in [6.07, 6.45) is 0. The van der Waals surface area contributed by atoms with Crippen LogP contribution in [0.25, 0.3) is 0 Å². The smallest absolute Gasteiger partial charge is 0.258 e. The number of hydrogen-bond donors (Lipinski definition) is 0. The predicted octanol–water partition coefficient (Wildman–Crippen LogP) is 2.09. The van der Waals surface area contributed by atoms with E-state index in [0.717, 1.165) is 0 Å². The minimum atomic E-state index is -0.399. The van der Waals surface area contributed by atoms with E-state index in [-0.39, 0.29) is 5.69 Å². The maximum atomic E-state index is 10.4. The van der Waals surface area contributed by atoms with Gasteiger partial charge >= 0.3 is 0 Å². The molecule has 0 aromatic heterocycles. The highest BCUT2D eigenvalue weighted by Crippen LogP contribution is 2.19. The van der Waals surface area contributed by atoms with Crippen LogP contribution in [0.3, 0.4) is 0 Å². The Labute approximate surface area is 64.8 Å². The van der Waals surface area contributed by atoms with E-state index in [9.17, 15) is 10.1 Å². The highest BCUT2D eigenvalue weighted by Gasteiger charge is 2.09. The molecular weight excluding hydrogens is 142 g/mol. The van der Waals surface area contributed by atoms with Gasteiger partial charge in [-0.25, -0.2) is 0 Å². The van der Waals surface area contributed by atoms with Gasteiger partial charge in [-0.05, 0) is 19.4 Å². The second-order valence-corrected chi connectivity index (χ2v) is 2.32. The zero-order chi connectivity index (χ0) is 8.43. The first kappa shape index (κ1) is 7.72. The van der Waals surface area contributed by atoms with Crippen LogP contribution in [0.1, 0.15) is 11.1 Å². The topological polar surface area (TPSA) is 43.1 Å². The van der Waals surface area contributed by atoms with Crippen LogP contribution in [0.2, 0.25) is 0 Å². The third-order valence-electron chi connectivity index (χ3n) is 1.61. The normalized spacial score (nSPS) is 9.64. The lowest BCUT2D eigenvalue weighted by atomic mass is 10.1. The van der Waals surface area contributed by atoms with E-state index < -0.39 is 4.92 Å². The van der Waals surface area contributed by atoms with Crippen molar-refractivity contribution in [2.75, 3.05) is 0 Å². The summed E-state index contributed by atoms with van der Waals surface area (Å²) in [5, 5.41) is 10.4. The highest BCUT2D eigenvalue weighted by atomic mass is 16.6. The van der Waals surface area contributed by atoms with Crippen LogP contribution in [-0.2, 0) is 0 Å². The van der Waals surface area contributed by atoms with Crippen LogP contribution in [-0.4, -0.2) is 4.92 Å². The van der Waals surface area contributed by atoms with E-state index >= 15 is 0 Å². The van der Waals surface area contributed by atoms with Crippen molar-refractivity contribution < 1.29 is 4.92 Å². The van der Waals surface area contributed by atoms with E-state index in [1.807, 2.05) is 0 Å². The van der Waals surface area contributed by atoms with Crippen molar-refractivity contribution in [1.82, 2.24) is 0 Å². The van der Waals surface area contributed by atoms with E-state index in [1.165, 1.54) is 6.07 Å². The van der Waals surface area contributed by atoms with Crippen LogP contribution in [0.4, 0.5) is 5.69 Å². The van der Waals surface area contributed by atoms with Gasteiger partial charge in [0.15, 0.2) is 0 Å². The first-order valence-corrected chi connectivity index (χ1v) is 3.19. The monoisotopic (exact) mass is 150 g/mol. The van der Waals surface area contributed by atoms with Gasteiger partial charge in [-0.2, -0.15) is 0 Å². The van der Waals surface area contributed by atoms with Crippen LogP contribution in [0.15, 0.2) is 18.2 Å². The molecule has 3 nitrogen and oxygen atoms in total. The molecular formula is C8H8NO2. The van der Waals surface area contributed by atoms with Crippen LogP contribution in [0.5, 0.6) is 0 Å². The van der Waals surface area contributed by atoms with Crippen molar-refractivity contribution in [3.8, 4) is 0 Å². The fourth-order valence-electron chi connectivity index (χ4n) is 0.868. The van der Waals surface area contributed by atoms with Crippen molar-refractivity contribution in [1.29, 1.82) is 0 Å². The number of nitro groups is 1. The minimum absolute atomic E-state index is 0.137. The van der Waals surface area contributed by atoms with Gasteiger partial charge in [-0.15, -0.1) is 0 Å². The molecule has 0 fully saturated rings. The summed E-state index contributed by atoms with van der Waals surface area (Å²) in [7, 11) is 0. The van der Waals surface area contributed by atoms with Gasteiger partial charge in [0.05, 0.1) is 4.92 Å². The molecule has 0 heterocycles. The molecule has 0 amide bonds. The summed E-state index contributed by atoms with van der Waals surface area (Å²) in [6.45, 7) is 5.35. The molecule has 0 unspecified atom stereocenters. The Bertz CT molecular complexity index is 294. The lowest BCUT2D eigenvalue weighted by molar-refractivity contribution is -0.385. The number of nitrogens with zero attached hydrogens (tertiary/aromatic N) is 1. The van der Waals surface area contributed by atoms with Crippen molar-refractivity contribution in [2.45, 2.75) is 6.92 Å². The second-order valence-electron chi connectivity index (χ2n) is 2.32. The minimum Gasteiger partial charge on any atom is -0.258 e. The lowest BCUT2D eigenvalue weighted by Crippen LogP contribution is -1.92. The largest absolute Gasteiger partial charge is 0.272 e. The zero-order valence-electron chi connectivity index (χ0n) is 6.20. The SMILES string of the molecule is [CH2]c1cccc([N+](=O)[O-])c1C. The average Bonchev–Trinajstić information content (AvgIpc) is 1.94. The molecule has 11 heavy (non-hydrogen) atoms. The average molecular weight is 150 g/mol. The summed E-state index contributed by atoms with van der Waals surface area (Å²) in [5.41, 5.74) is 1.48. The number of benzene rings is 1. The quantitative estimate of drug-likeness (QED) is 0.454. The number of rotatable bonds is 1. The van der Waals surface area contributed by atoms with Crippen molar-refractivity contribution in [2.24, 2.45) is 0 Å².